The molecule has 0 radical (unpaired) electrons. The van der Waals surface area contributed by atoms with E-state index in [-0.39, 0.29) is 18.4 Å². The number of fused-ring (bicyclic) bond motifs is 2. The number of hydrogen-bond donors (Lipinski definition) is 0. The molecule has 3 heterocycles. The van der Waals surface area contributed by atoms with E-state index in [1.54, 1.807) is 0 Å². The van der Waals surface area contributed by atoms with Gasteiger partial charge in [0.2, 0.25) is 11.9 Å². The molecule has 4 nitrogen and oxygen atoms in total. The monoisotopic (exact) mass is 315 g/mol. The van der Waals surface area contributed by atoms with Gasteiger partial charge in [0, 0.05) is 5.92 Å². The second-order valence-corrected chi connectivity index (χ2v) is 8.28. The Balaban J connectivity index is 1.87. The van der Waals surface area contributed by atoms with Crippen molar-refractivity contribution in [1.29, 1.82) is 0 Å². The average Bonchev–Trinajstić information content (AvgIpc) is 2.36. The molecule has 3 rings (SSSR count). The highest BCUT2D eigenvalue weighted by atomic mass is 32.2. The summed E-state index contributed by atoms with van der Waals surface area (Å²) in [5, 5.41) is -1.01. The van der Waals surface area contributed by atoms with Gasteiger partial charge in [0.1, 0.15) is 0 Å². The van der Waals surface area contributed by atoms with Crippen LogP contribution in [0.4, 0.5) is 8.78 Å². The van der Waals surface area contributed by atoms with Crippen molar-refractivity contribution < 1.29 is 22.0 Å². The first kappa shape index (κ1) is 14.6. The Bertz CT molecular complexity index is 669. The Morgan fingerprint density at radius 3 is 2.33 bits per heavy atom. The molecule has 2 atom stereocenters. The third-order valence-corrected chi connectivity index (χ3v) is 7.24. The molecule has 2 saturated heterocycles. The summed E-state index contributed by atoms with van der Waals surface area (Å²) in [7, 11) is -3.15. The van der Waals surface area contributed by atoms with Gasteiger partial charge in [0.15, 0.2) is 15.6 Å². The van der Waals surface area contributed by atoms with E-state index in [0.29, 0.717) is 12.8 Å². The van der Waals surface area contributed by atoms with Crippen LogP contribution < -0.4 is 0 Å². The van der Waals surface area contributed by atoms with E-state index in [9.17, 15) is 22.0 Å². The van der Waals surface area contributed by atoms with Crippen LogP contribution in [0.15, 0.2) is 12.1 Å². The van der Waals surface area contributed by atoms with Crippen LogP contribution in [0.1, 0.15) is 42.5 Å². The van der Waals surface area contributed by atoms with Crippen LogP contribution in [-0.2, 0) is 9.84 Å². The van der Waals surface area contributed by atoms with Crippen molar-refractivity contribution >= 4 is 15.6 Å². The second kappa shape index (κ2) is 5.12. The lowest BCUT2D eigenvalue weighted by Crippen LogP contribution is -2.45. The molecule has 21 heavy (non-hydrogen) atoms. The molecule has 2 unspecified atom stereocenters. The lowest BCUT2D eigenvalue weighted by molar-refractivity contribution is 0.0888. The summed E-state index contributed by atoms with van der Waals surface area (Å²) in [5.41, 5.74) is -0.251. The molecular formula is C14H15F2NO3S. The van der Waals surface area contributed by atoms with Gasteiger partial charge >= 0.3 is 0 Å². The number of hydrogen-bond acceptors (Lipinski definition) is 4. The van der Waals surface area contributed by atoms with Gasteiger partial charge in [-0.15, -0.1) is 0 Å². The smallest absolute Gasteiger partial charge is 0.226 e. The summed E-state index contributed by atoms with van der Waals surface area (Å²) < 4.78 is 50.7. The topological polar surface area (TPSA) is 64.1 Å². The normalized spacial score (nSPS) is 30.9. The first-order chi connectivity index (χ1) is 9.89. The third kappa shape index (κ3) is 2.47. The Morgan fingerprint density at radius 1 is 1.14 bits per heavy atom. The fraction of sp³-hybridized carbons (Fsp3) is 0.571. The van der Waals surface area contributed by atoms with Crippen LogP contribution >= 0.6 is 0 Å². The van der Waals surface area contributed by atoms with Crippen molar-refractivity contribution in [3.8, 4) is 0 Å². The van der Waals surface area contributed by atoms with E-state index >= 15 is 0 Å². The number of pyridine rings is 1. The molecule has 2 bridgehead atoms. The zero-order valence-electron chi connectivity index (χ0n) is 11.3. The number of nitrogens with zero attached hydrogens (tertiary/aromatic N) is 1. The van der Waals surface area contributed by atoms with Crippen molar-refractivity contribution in [3.63, 3.8) is 0 Å². The minimum atomic E-state index is -3.15. The maximum atomic E-state index is 13.6. The number of aromatic nitrogens is 1. The summed E-state index contributed by atoms with van der Waals surface area (Å²) in [4.78, 5) is 15.4. The second-order valence-electron chi connectivity index (χ2n) is 5.77. The zero-order valence-corrected chi connectivity index (χ0v) is 12.1. The van der Waals surface area contributed by atoms with E-state index in [2.05, 4.69) is 4.98 Å². The molecule has 0 N–H and O–H groups in total. The number of rotatable bonds is 2. The summed E-state index contributed by atoms with van der Waals surface area (Å²) in [5.74, 6) is -3.09. The van der Waals surface area contributed by atoms with Gasteiger partial charge in [-0.05, 0) is 37.8 Å². The number of ketones is 1. The fourth-order valence-corrected chi connectivity index (χ4v) is 5.97. The van der Waals surface area contributed by atoms with Gasteiger partial charge < -0.3 is 0 Å². The van der Waals surface area contributed by atoms with Crippen LogP contribution in [0.2, 0.25) is 0 Å². The molecule has 0 aromatic carbocycles. The van der Waals surface area contributed by atoms with Crippen LogP contribution in [0.3, 0.4) is 0 Å². The van der Waals surface area contributed by atoms with Crippen LogP contribution in [0.25, 0.3) is 0 Å². The summed E-state index contributed by atoms with van der Waals surface area (Å²) >= 11 is 0. The molecule has 7 heteroatoms. The zero-order chi connectivity index (χ0) is 15.2. The minimum Gasteiger partial charge on any atom is -0.294 e. The SMILES string of the molecule is O=C(c1ccc(F)nc1F)C1CC2CCCC(C1)S2(=O)=O. The molecule has 2 fully saturated rings. The Morgan fingerprint density at radius 2 is 1.76 bits per heavy atom. The Hall–Kier alpha value is -1.37. The van der Waals surface area contributed by atoms with Crippen LogP contribution in [0.5, 0.6) is 0 Å². The summed E-state index contributed by atoms with van der Waals surface area (Å²) in [6.45, 7) is 0. The Labute approximate surface area is 121 Å². The minimum absolute atomic E-state index is 0.231. The van der Waals surface area contributed by atoms with Crippen molar-refractivity contribution in [3.05, 3.63) is 29.6 Å². The molecular weight excluding hydrogens is 300 g/mol. The third-order valence-electron chi connectivity index (χ3n) is 4.53. The number of carbonyl (C=O) groups is 1. The maximum absolute atomic E-state index is 13.6. The highest BCUT2D eigenvalue weighted by molar-refractivity contribution is 7.92. The van der Waals surface area contributed by atoms with Crippen LogP contribution in [-0.4, -0.2) is 29.7 Å². The van der Waals surface area contributed by atoms with Gasteiger partial charge in [-0.3, -0.25) is 4.79 Å². The highest BCUT2D eigenvalue weighted by Crippen LogP contribution is 2.40. The molecule has 2 aliphatic rings. The van der Waals surface area contributed by atoms with Gasteiger partial charge in [-0.25, -0.2) is 8.42 Å². The Kier molecular flexibility index (Phi) is 3.55. The number of sulfone groups is 1. The fourth-order valence-electron chi connectivity index (χ4n) is 3.44. The van der Waals surface area contributed by atoms with Gasteiger partial charge in [-0.2, -0.15) is 13.8 Å². The number of halogens is 2. The van der Waals surface area contributed by atoms with Gasteiger partial charge in [0.25, 0.3) is 0 Å². The lowest BCUT2D eigenvalue weighted by Gasteiger charge is -2.38. The molecule has 0 aliphatic carbocycles. The standard InChI is InChI=1S/C14H15F2NO3S/c15-12-5-4-11(14(16)17-12)13(18)8-6-9-2-1-3-10(7-8)21(9,19)20/h4-5,8-10H,1-3,6-7H2. The van der Waals surface area contributed by atoms with E-state index < -0.39 is 43.9 Å². The van der Waals surface area contributed by atoms with Crippen molar-refractivity contribution in [1.82, 2.24) is 4.98 Å². The van der Waals surface area contributed by atoms with E-state index in [1.807, 2.05) is 0 Å². The average molecular weight is 315 g/mol. The lowest BCUT2D eigenvalue weighted by atomic mass is 9.84. The van der Waals surface area contributed by atoms with E-state index in [4.69, 9.17) is 0 Å². The number of Topliss-reactive ketones (excluding diaryl/α,β-unsaturated/α-hetero) is 1. The largest absolute Gasteiger partial charge is 0.294 e. The highest BCUT2D eigenvalue weighted by Gasteiger charge is 2.46. The molecule has 0 amide bonds. The predicted octanol–water partition coefficient (Wildman–Crippen LogP) is 2.29. The van der Waals surface area contributed by atoms with Crippen LogP contribution in [0, 0.1) is 17.8 Å². The van der Waals surface area contributed by atoms with E-state index in [1.165, 1.54) is 0 Å². The van der Waals surface area contributed by atoms with Crippen molar-refractivity contribution in [2.75, 3.05) is 0 Å². The summed E-state index contributed by atoms with van der Waals surface area (Å²) in [6.07, 6.45) is 2.43. The predicted molar refractivity (Wildman–Crippen MR) is 71.6 cm³/mol. The number of carbonyl (C=O) groups excluding carboxylic acids is 1. The van der Waals surface area contributed by atoms with Gasteiger partial charge in [-0.1, -0.05) is 6.42 Å². The molecule has 0 saturated carbocycles. The van der Waals surface area contributed by atoms with Crippen molar-refractivity contribution in [2.45, 2.75) is 42.6 Å². The first-order valence-corrected chi connectivity index (χ1v) is 8.59. The maximum Gasteiger partial charge on any atom is 0.226 e. The van der Waals surface area contributed by atoms with Gasteiger partial charge in [0.05, 0.1) is 16.1 Å². The molecule has 2 aliphatic heterocycles. The molecule has 114 valence electrons. The van der Waals surface area contributed by atoms with Crippen molar-refractivity contribution in [2.24, 2.45) is 5.92 Å². The molecule has 0 spiro atoms. The molecule has 1 aromatic rings. The van der Waals surface area contributed by atoms with E-state index in [0.717, 1.165) is 18.6 Å². The first-order valence-electron chi connectivity index (χ1n) is 6.98. The quantitative estimate of drug-likeness (QED) is 0.620. The summed E-state index contributed by atoms with van der Waals surface area (Å²) in [6, 6.07) is 2.02. The molecule has 1 aromatic heterocycles.